The van der Waals surface area contributed by atoms with Crippen LogP contribution in [-0.2, 0) is 20.0 Å². The lowest BCUT2D eigenvalue weighted by molar-refractivity contribution is 0.715. The standard InChI is InChI=1S/C16H23BrN4/c1-11(18)8-15-12(2)19-21(4)16(15)20(3)10-13-6-5-7-14(17)9-13/h5-7,9,11H,8,10,18H2,1-4H3. The highest BCUT2D eigenvalue weighted by Gasteiger charge is 2.18. The maximum absolute atomic E-state index is 5.98. The molecule has 0 amide bonds. The van der Waals surface area contributed by atoms with Gasteiger partial charge in [-0.25, -0.2) is 0 Å². The number of benzene rings is 1. The normalized spacial score (nSPS) is 12.5. The molecule has 114 valence electrons. The molecule has 1 heterocycles. The Morgan fingerprint density at radius 1 is 1.43 bits per heavy atom. The van der Waals surface area contributed by atoms with Gasteiger partial charge in [-0.05, 0) is 38.0 Å². The number of anilines is 1. The molecule has 0 fully saturated rings. The number of halogens is 1. The topological polar surface area (TPSA) is 47.1 Å². The Morgan fingerprint density at radius 2 is 2.14 bits per heavy atom. The van der Waals surface area contributed by atoms with Gasteiger partial charge in [-0.2, -0.15) is 5.10 Å². The first-order valence-electron chi connectivity index (χ1n) is 7.12. The van der Waals surface area contributed by atoms with Gasteiger partial charge in [-0.15, -0.1) is 0 Å². The Labute approximate surface area is 135 Å². The minimum absolute atomic E-state index is 0.130. The molecule has 5 heteroatoms. The smallest absolute Gasteiger partial charge is 0.130 e. The zero-order valence-electron chi connectivity index (χ0n) is 13.1. The van der Waals surface area contributed by atoms with E-state index in [0.717, 1.165) is 29.0 Å². The van der Waals surface area contributed by atoms with Crippen LogP contribution < -0.4 is 10.6 Å². The summed E-state index contributed by atoms with van der Waals surface area (Å²) < 4.78 is 3.05. The third kappa shape index (κ3) is 3.86. The van der Waals surface area contributed by atoms with Crippen LogP contribution in [0.15, 0.2) is 28.7 Å². The van der Waals surface area contributed by atoms with Crippen LogP contribution in [0.1, 0.15) is 23.7 Å². The lowest BCUT2D eigenvalue weighted by Gasteiger charge is -2.22. The van der Waals surface area contributed by atoms with E-state index in [1.165, 1.54) is 11.1 Å². The molecule has 0 saturated carbocycles. The molecule has 1 aromatic carbocycles. The van der Waals surface area contributed by atoms with Gasteiger partial charge < -0.3 is 10.6 Å². The number of hydrogen-bond donors (Lipinski definition) is 1. The number of hydrogen-bond acceptors (Lipinski definition) is 3. The Balaban J connectivity index is 2.28. The Bertz CT molecular complexity index is 619. The second-order valence-electron chi connectivity index (χ2n) is 5.68. The average Bonchev–Trinajstić information content (AvgIpc) is 2.63. The van der Waals surface area contributed by atoms with Crippen LogP contribution in [0.4, 0.5) is 5.82 Å². The number of nitrogens with zero attached hydrogens (tertiary/aromatic N) is 3. The van der Waals surface area contributed by atoms with Crippen molar-refractivity contribution in [3.8, 4) is 0 Å². The van der Waals surface area contributed by atoms with E-state index in [1.807, 2.05) is 31.6 Å². The van der Waals surface area contributed by atoms with Crippen molar-refractivity contribution in [1.29, 1.82) is 0 Å². The van der Waals surface area contributed by atoms with E-state index in [0.29, 0.717) is 0 Å². The van der Waals surface area contributed by atoms with Crippen molar-refractivity contribution in [2.24, 2.45) is 12.8 Å². The van der Waals surface area contributed by atoms with E-state index in [2.05, 4.69) is 51.2 Å². The molecule has 0 spiro atoms. The highest BCUT2D eigenvalue weighted by atomic mass is 79.9. The minimum atomic E-state index is 0.130. The Hall–Kier alpha value is -1.33. The summed E-state index contributed by atoms with van der Waals surface area (Å²) >= 11 is 3.52. The van der Waals surface area contributed by atoms with E-state index in [9.17, 15) is 0 Å². The summed E-state index contributed by atoms with van der Waals surface area (Å²) in [7, 11) is 4.09. The number of nitrogens with two attached hydrogens (primary N) is 1. The number of aryl methyl sites for hydroxylation is 2. The summed E-state index contributed by atoms with van der Waals surface area (Å²) in [6, 6.07) is 8.51. The highest BCUT2D eigenvalue weighted by Crippen LogP contribution is 2.25. The van der Waals surface area contributed by atoms with Gasteiger partial charge in [-0.3, -0.25) is 4.68 Å². The van der Waals surface area contributed by atoms with Crippen LogP contribution in [-0.4, -0.2) is 22.9 Å². The van der Waals surface area contributed by atoms with E-state index < -0.39 is 0 Å². The first-order valence-corrected chi connectivity index (χ1v) is 7.91. The van der Waals surface area contributed by atoms with Gasteiger partial charge in [0.2, 0.25) is 0 Å². The third-order valence-corrected chi connectivity index (χ3v) is 4.00. The lowest BCUT2D eigenvalue weighted by Crippen LogP contribution is -2.23. The maximum Gasteiger partial charge on any atom is 0.130 e. The summed E-state index contributed by atoms with van der Waals surface area (Å²) in [5.74, 6) is 1.14. The largest absolute Gasteiger partial charge is 0.355 e. The van der Waals surface area contributed by atoms with Gasteiger partial charge in [0, 0.05) is 36.7 Å². The third-order valence-electron chi connectivity index (χ3n) is 3.51. The SMILES string of the molecule is Cc1nn(C)c(N(C)Cc2cccc(Br)c2)c1CC(C)N. The molecule has 0 saturated heterocycles. The Kier molecular flexibility index (Phi) is 5.06. The van der Waals surface area contributed by atoms with Gasteiger partial charge in [0.25, 0.3) is 0 Å². The van der Waals surface area contributed by atoms with Crippen LogP contribution >= 0.6 is 15.9 Å². The van der Waals surface area contributed by atoms with Crippen LogP contribution in [0.3, 0.4) is 0 Å². The average molecular weight is 351 g/mol. The molecule has 2 aromatic rings. The van der Waals surface area contributed by atoms with Crippen LogP contribution in [0, 0.1) is 6.92 Å². The molecule has 1 aromatic heterocycles. The first kappa shape index (κ1) is 16.0. The molecule has 21 heavy (non-hydrogen) atoms. The molecular weight excluding hydrogens is 328 g/mol. The molecule has 0 aliphatic carbocycles. The van der Waals surface area contributed by atoms with Crippen LogP contribution in [0.2, 0.25) is 0 Å². The first-order chi connectivity index (χ1) is 9.88. The zero-order valence-corrected chi connectivity index (χ0v) is 14.7. The van der Waals surface area contributed by atoms with Gasteiger partial charge in [0.15, 0.2) is 0 Å². The molecule has 1 atom stereocenters. The maximum atomic E-state index is 5.98. The van der Waals surface area contributed by atoms with E-state index in [-0.39, 0.29) is 6.04 Å². The summed E-state index contributed by atoms with van der Waals surface area (Å²) in [5.41, 5.74) is 9.55. The van der Waals surface area contributed by atoms with Crippen molar-refractivity contribution in [1.82, 2.24) is 9.78 Å². The highest BCUT2D eigenvalue weighted by molar-refractivity contribution is 9.10. The van der Waals surface area contributed by atoms with Gasteiger partial charge in [-0.1, -0.05) is 28.1 Å². The van der Waals surface area contributed by atoms with Gasteiger partial charge in [0.05, 0.1) is 5.69 Å². The fourth-order valence-electron chi connectivity index (χ4n) is 2.71. The summed E-state index contributed by atoms with van der Waals surface area (Å²) in [4.78, 5) is 2.24. The lowest BCUT2D eigenvalue weighted by atomic mass is 10.1. The van der Waals surface area contributed by atoms with Gasteiger partial charge in [0.1, 0.15) is 5.82 Å². The van der Waals surface area contributed by atoms with E-state index in [1.54, 1.807) is 0 Å². The van der Waals surface area contributed by atoms with Crippen molar-refractivity contribution < 1.29 is 0 Å². The minimum Gasteiger partial charge on any atom is -0.355 e. The second-order valence-corrected chi connectivity index (χ2v) is 6.59. The molecule has 0 aliphatic heterocycles. The quantitative estimate of drug-likeness (QED) is 0.901. The zero-order chi connectivity index (χ0) is 15.6. The summed E-state index contributed by atoms with van der Waals surface area (Å²) in [5, 5.41) is 4.55. The van der Waals surface area contributed by atoms with Crippen molar-refractivity contribution in [2.75, 3.05) is 11.9 Å². The molecule has 0 aliphatic rings. The molecule has 2 rings (SSSR count). The van der Waals surface area contributed by atoms with E-state index in [4.69, 9.17) is 5.73 Å². The van der Waals surface area contributed by atoms with Gasteiger partial charge >= 0.3 is 0 Å². The van der Waals surface area contributed by atoms with Crippen LogP contribution in [0.5, 0.6) is 0 Å². The van der Waals surface area contributed by atoms with E-state index >= 15 is 0 Å². The molecule has 0 bridgehead atoms. The molecular formula is C16H23BrN4. The van der Waals surface area contributed by atoms with Crippen molar-refractivity contribution in [3.63, 3.8) is 0 Å². The molecule has 2 N–H and O–H groups in total. The predicted octanol–water partition coefficient (Wildman–Crippen LogP) is 3.02. The molecule has 0 radical (unpaired) electrons. The monoisotopic (exact) mass is 350 g/mol. The fourth-order valence-corrected chi connectivity index (χ4v) is 3.16. The van der Waals surface area contributed by atoms with Crippen molar-refractivity contribution in [3.05, 3.63) is 45.6 Å². The predicted molar refractivity (Wildman–Crippen MR) is 91.5 cm³/mol. The Morgan fingerprint density at radius 3 is 2.76 bits per heavy atom. The van der Waals surface area contributed by atoms with Crippen LogP contribution in [0.25, 0.3) is 0 Å². The summed E-state index contributed by atoms with van der Waals surface area (Å²) in [6.45, 7) is 4.92. The second kappa shape index (κ2) is 6.62. The van der Waals surface area contributed by atoms with Crippen molar-refractivity contribution >= 4 is 21.7 Å². The molecule has 4 nitrogen and oxygen atoms in total. The number of aromatic nitrogens is 2. The fraction of sp³-hybridized carbons (Fsp3) is 0.438. The number of rotatable bonds is 5. The molecule has 1 unspecified atom stereocenters. The van der Waals surface area contributed by atoms with Crippen molar-refractivity contribution in [2.45, 2.75) is 32.9 Å². The summed E-state index contributed by atoms with van der Waals surface area (Å²) in [6.07, 6.45) is 0.845.